The summed E-state index contributed by atoms with van der Waals surface area (Å²) in [5.74, 6) is -1.33. The van der Waals surface area contributed by atoms with Gasteiger partial charge in [0.1, 0.15) is 6.10 Å². The van der Waals surface area contributed by atoms with Crippen molar-refractivity contribution in [2.45, 2.75) is 39.2 Å². The molecule has 1 aliphatic rings. The van der Waals surface area contributed by atoms with E-state index in [-0.39, 0.29) is 5.91 Å². The Kier molecular flexibility index (Phi) is 5.41. The zero-order chi connectivity index (χ0) is 12.8. The maximum Gasteiger partial charge on any atom is 0.308 e. The van der Waals surface area contributed by atoms with Crippen molar-refractivity contribution in [2.75, 3.05) is 19.7 Å². The number of carboxylic acid groups (broad SMARTS) is 1. The van der Waals surface area contributed by atoms with Crippen molar-refractivity contribution in [1.29, 1.82) is 0 Å². The third-order valence-electron chi connectivity index (χ3n) is 3.06. The van der Waals surface area contributed by atoms with Gasteiger partial charge in [-0.25, -0.2) is 0 Å². The summed E-state index contributed by atoms with van der Waals surface area (Å²) in [6.45, 7) is 5.21. The molecule has 1 aliphatic heterocycles. The van der Waals surface area contributed by atoms with Crippen molar-refractivity contribution >= 4 is 11.9 Å². The quantitative estimate of drug-likeness (QED) is 0.710. The molecule has 17 heavy (non-hydrogen) atoms. The SMILES string of the molecule is CCCCOC(C)C(=O)N1CCC(C(=O)O)C1. The molecule has 0 aromatic rings. The molecule has 0 bridgehead atoms. The Bertz CT molecular complexity index is 280. The summed E-state index contributed by atoms with van der Waals surface area (Å²) >= 11 is 0. The van der Waals surface area contributed by atoms with Crippen LogP contribution in [0.3, 0.4) is 0 Å². The van der Waals surface area contributed by atoms with Gasteiger partial charge in [-0.2, -0.15) is 0 Å². The molecule has 1 saturated heterocycles. The van der Waals surface area contributed by atoms with Gasteiger partial charge in [-0.05, 0) is 19.8 Å². The number of ether oxygens (including phenoxy) is 1. The van der Waals surface area contributed by atoms with E-state index >= 15 is 0 Å². The lowest BCUT2D eigenvalue weighted by atomic mass is 10.1. The van der Waals surface area contributed by atoms with Crippen LogP contribution in [0, 0.1) is 5.92 Å². The number of hydrogen-bond acceptors (Lipinski definition) is 3. The maximum atomic E-state index is 11.9. The highest BCUT2D eigenvalue weighted by molar-refractivity contribution is 5.82. The van der Waals surface area contributed by atoms with Crippen molar-refractivity contribution < 1.29 is 19.4 Å². The molecule has 1 heterocycles. The Morgan fingerprint density at radius 2 is 2.24 bits per heavy atom. The molecule has 1 amide bonds. The molecule has 5 heteroatoms. The molecule has 2 atom stereocenters. The summed E-state index contributed by atoms with van der Waals surface area (Å²) in [4.78, 5) is 24.3. The lowest BCUT2D eigenvalue weighted by Crippen LogP contribution is -2.38. The molecule has 98 valence electrons. The van der Waals surface area contributed by atoms with Gasteiger partial charge in [0.25, 0.3) is 5.91 Å². The van der Waals surface area contributed by atoms with Gasteiger partial charge in [0.2, 0.25) is 0 Å². The summed E-state index contributed by atoms with van der Waals surface area (Å²) in [6.07, 6.45) is 2.05. The molecular formula is C12H21NO4. The minimum absolute atomic E-state index is 0.0927. The summed E-state index contributed by atoms with van der Waals surface area (Å²) < 4.78 is 5.41. The highest BCUT2D eigenvalue weighted by Crippen LogP contribution is 2.17. The number of rotatable bonds is 6. The molecule has 0 saturated carbocycles. The van der Waals surface area contributed by atoms with E-state index in [4.69, 9.17) is 9.84 Å². The second kappa shape index (κ2) is 6.59. The topological polar surface area (TPSA) is 66.8 Å². The van der Waals surface area contributed by atoms with Gasteiger partial charge in [-0.1, -0.05) is 13.3 Å². The number of unbranched alkanes of at least 4 members (excludes halogenated alkanes) is 1. The van der Waals surface area contributed by atoms with Crippen LogP contribution in [-0.2, 0) is 14.3 Å². The van der Waals surface area contributed by atoms with Crippen molar-refractivity contribution in [3.05, 3.63) is 0 Å². The largest absolute Gasteiger partial charge is 0.481 e. The fourth-order valence-corrected chi connectivity index (χ4v) is 1.89. The number of nitrogens with zero attached hydrogens (tertiary/aromatic N) is 1. The Morgan fingerprint density at radius 1 is 1.53 bits per heavy atom. The first-order valence-electron chi connectivity index (χ1n) is 6.19. The van der Waals surface area contributed by atoms with Crippen LogP contribution < -0.4 is 0 Å². The average molecular weight is 243 g/mol. The van der Waals surface area contributed by atoms with Gasteiger partial charge in [0, 0.05) is 19.7 Å². The number of likely N-dealkylation sites (tertiary alicyclic amines) is 1. The minimum Gasteiger partial charge on any atom is -0.481 e. The van der Waals surface area contributed by atoms with E-state index < -0.39 is 18.0 Å². The van der Waals surface area contributed by atoms with Gasteiger partial charge >= 0.3 is 5.97 Å². The molecular weight excluding hydrogens is 222 g/mol. The van der Waals surface area contributed by atoms with Gasteiger partial charge < -0.3 is 14.7 Å². The number of aliphatic carboxylic acids is 1. The van der Waals surface area contributed by atoms with Gasteiger partial charge in [-0.3, -0.25) is 9.59 Å². The lowest BCUT2D eigenvalue weighted by Gasteiger charge is -2.20. The molecule has 2 unspecified atom stereocenters. The summed E-state index contributed by atoms with van der Waals surface area (Å²) in [7, 11) is 0. The van der Waals surface area contributed by atoms with E-state index in [9.17, 15) is 9.59 Å². The number of amides is 1. The first kappa shape index (κ1) is 14.0. The van der Waals surface area contributed by atoms with Crippen molar-refractivity contribution in [2.24, 2.45) is 5.92 Å². The Balaban J connectivity index is 2.35. The number of carbonyl (C=O) groups excluding carboxylic acids is 1. The Labute approximate surface area is 102 Å². The average Bonchev–Trinajstić information content (AvgIpc) is 2.77. The first-order chi connectivity index (χ1) is 8.06. The highest BCUT2D eigenvalue weighted by Gasteiger charge is 2.32. The molecule has 5 nitrogen and oxygen atoms in total. The zero-order valence-electron chi connectivity index (χ0n) is 10.5. The predicted molar refractivity (Wildman–Crippen MR) is 62.6 cm³/mol. The van der Waals surface area contributed by atoms with E-state index in [2.05, 4.69) is 6.92 Å². The molecule has 0 spiro atoms. The molecule has 1 N–H and O–H groups in total. The first-order valence-corrected chi connectivity index (χ1v) is 6.19. The van der Waals surface area contributed by atoms with E-state index in [0.717, 1.165) is 12.8 Å². The molecule has 0 radical (unpaired) electrons. The Morgan fingerprint density at radius 3 is 2.76 bits per heavy atom. The van der Waals surface area contributed by atoms with Crippen molar-refractivity contribution in [1.82, 2.24) is 4.90 Å². The van der Waals surface area contributed by atoms with Gasteiger partial charge in [-0.15, -0.1) is 0 Å². The standard InChI is InChI=1S/C12H21NO4/c1-3-4-7-17-9(2)11(14)13-6-5-10(8-13)12(15)16/h9-10H,3-8H2,1-2H3,(H,15,16). The fourth-order valence-electron chi connectivity index (χ4n) is 1.89. The van der Waals surface area contributed by atoms with Crippen LogP contribution >= 0.6 is 0 Å². The Hall–Kier alpha value is -1.10. The second-order valence-electron chi connectivity index (χ2n) is 4.47. The molecule has 0 aromatic carbocycles. The maximum absolute atomic E-state index is 11.9. The van der Waals surface area contributed by atoms with Crippen LogP contribution in [0.4, 0.5) is 0 Å². The number of carbonyl (C=O) groups is 2. The monoisotopic (exact) mass is 243 g/mol. The number of hydrogen-bond donors (Lipinski definition) is 1. The van der Waals surface area contributed by atoms with E-state index in [1.165, 1.54) is 0 Å². The lowest BCUT2D eigenvalue weighted by molar-refractivity contribution is -0.143. The van der Waals surface area contributed by atoms with Crippen LogP contribution in [-0.4, -0.2) is 47.7 Å². The smallest absolute Gasteiger partial charge is 0.308 e. The zero-order valence-corrected chi connectivity index (χ0v) is 10.5. The summed E-state index contributed by atoms with van der Waals surface area (Å²) in [5, 5.41) is 8.86. The van der Waals surface area contributed by atoms with Crippen LogP contribution in [0.5, 0.6) is 0 Å². The van der Waals surface area contributed by atoms with Crippen molar-refractivity contribution in [3.63, 3.8) is 0 Å². The summed E-state index contributed by atoms with van der Waals surface area (Å²) in [5.41, 5.74) is 0. The third kappa shape index (κ3) is 4.00. The molecule has 0 aromatic heterocycles. The van der Waals surface area contributed by atoms with Crippen LogP contribution in [0.15, 0.2) is 0 Å². The van der Waals surface area contributed by atoms with Crippen LogP contribution in [0.25, 0.3) is 0 Å². The molecule has 1 rings (SSSR count). The molecule has 1 fully saturated rings. The van der Waals surface area contributed by atoms with Crippen LogP contribution in [0.1, 0.15) is 33.1 Å². The van der Waals surface area contributed by atoms with Gasteiger partial charge in [0.05, 0.1) is 5.92 Å². The molecule has 0 aliphatic carbocycles. The normalized spacial score (nSPS) is 21.5. The second-order valence-corrected chi connectivity index (χ2v) is 4.47. The highest BCUT2D eigenvalue weighted by atomic mass is 16.5. The van der Waals surface area contributed by atoms with Crippen molar-refractivity contribution in [3.8, 4) is 0 Å². The van der Waals surface area contributed by atoms with Gasteiger partial charge in [0.15, 0.2) is 0 Å². The predicted octanol–water partition coefficient (Wildman–Crippen LogP) is 1.12. The van der Waals surface area contributed by atoms with E-state index in [0.29, 0.717) is 26.1 Å². The van der Waals surface area contributed by atoms with Crippen LogP contribution in [0.2, 0.25) is 0 Å². The van der Waals surface area contributed by atoms with E-state index in [1.807, 2.05) is 0 Å². The summed E-state index contributed by atoms with van der Waals surface area (Å²) in [6, 6.07) is 0. The van der Waals surface area contributed by atoms with E-state index in [1.54, 1.807) is 11.8 Å². The minimum atomic E-state index is -0.820. The fraction of sp³-hybridized carbons (Fsp3) is 0.833. The number of carboxylic acids is 1. The third-order valence-corrected chi connectivity index (χ3v) is 3.06.